The molecule has 0 bridgehead atoms. The molecule has 5 heteroatoms. The second kappa shape index (κ2) is 3.77. The first-order chi connectivity index (χ1) is 8.19. The van der Waals surface area contributed by atoms with E-state index in [-0.39, 0.29) is 5.41 Å². The number of nitrogens with one attached hydrogen (secondary N) is 1. The van der Waals surface area contributed by atoms with E-state index in [4.69, 9.17) is 0 Å². The zero-order chi connectivity index (χ0) is 11.9. The summed E-state index contributed by atoms with van der Waals surface area (Å²) in [5.41, 5.74) is 1.86. The Bertz CT molecular complexity index is 539. The van der Waals surface area contributed by atoms with Gasteiger partial charge in [-0.25, -0.2) is 0 Å². The van der Waals surface area contributed by atoms with Gasteiger partial charge in [0.05, 0.1) is 5.69 Å². The third-order valence-electron chi connectivity index (χ3n) is 3.53. The topological polar surface area (TPSA) is 55.1 Å². The number of hydrogen-bond donors (Lipinski definition) is 1. The molecule has 0 aromatic carbocycles. The van der Waals surface area contributed by atoms with E-state index in [1.54, 1.807) is 0 Å². The van der Waals surface area contributed by atoms with Gasteiger partial charge >= 0.3 is 0 Å². The molecule has 0 saturated carbocycles. The summed E-state index contributed by atoms with van der Waals surface area (Å²) in [6.07, 6.45) is 2.31. The van der Waals surface area contributed by atoms with Crippen LogP contribution >= 0.6 is 0 Å². The third-order valence-corrected chi connectivity index (χ3v) is 3.53. The minimum Gasteiger partial charge on any atom is -0.316 e. The van der Waals surface area contributed by atoms with Crippen LogP contribution in [0.3, 0.4) is 0 Å². The molecule has 0 amide bonds. The second-order valence-corrected chi connectivity index (χ2v) is 5.11. The number of aromatic nitrogens is 4. The quantitative estimate of drug-likeness (QED) is 0.797. The largest absolute Gasteiger partial charge is 0.316 e. The van der Waals surface area contributed by atoms with E-state index in [1.165, 1.54) is 6.42 Å². The van der Waals surface area contributed by atoms with Crippen molar-refractivity contribution in [1.82, 2.24) is 25.1 Å². The number of aryl methyl sites for hydroxylation is 1. The minimum atomic E-state index is 0.0401. The smallest absolute Gasteiger partial charge is 0.177 e. The van der Waals surface area contributed by atoms with Crippen molar-refractivity contribution in [3.05, 3.63) is 23.7 Å². The summed E-state index contributed by atoms with van der Waals surface area (Å²) >= 11 is 0. The lowest BCUT2D eigenvalue weighted by molar-refractivity contribution is 0.318. The van der Waals surface area contributed by atoms with Gasteiger partial charge in [-0.1, -0.05) is 6.92 Å². The highest BCUT2D eigenvalue weighted by atomic mass is 15.4. The van der Waals surface area contributed by atoms with Gasteiger partial charge in [-0.15, -0.1) is 10.2 Å². The van der Waals surface area contributed by atoms with Gasteiger partial charge in [-0.3, -0.25) is 0 Å². The van der Waals surface area contributed by atoms with Crippen molar-refractivity contribution in [3.63, 3.8) is 0 Å². The van der Waals surface area contributed by atoms with Crippen molar-refractivity contribution in [2.24, 2.45) is 0 Å². The Morgan fingerprint density at radius 1 is 1.35 bits per heavy atom. The zero-order valence-electron chi connectivity index (χ0n) is 10.3. The molecule has 3 heterocycles. The monoisotopic (exact) mass is 231 g/mol. The average molecular weight is 231 g/mol. The molecule has 5 nitrogen and oxygen atoms in total. The lowest BCUT2D eigenvalue weighted by Gasteiger charge is -2.31. The fourth-order valence-corrected chi connectivity index (χ4v) is 2.50. The highest BCUT2D eigenvalue weighted by molar-refractivity contribution is 5.37. The first kappa shape index (κ1) is 10.7. The van der Waals surface area contributed by atoms with Crippen LogP contribution in [-0.4, -0.2) is 32.9 Å². The molecule has 17 heavy (non-hydrogen) atoms. The molecular formula is C12H17N5. The summed E-state index contributed by atoms with van der Waals surface area (Å²) in [5, 5.41) is 16.5. The molecule has 1 unspecified atom stereocenters. The third kappa shape index (κ3) is 1.70. The van der Waals surface area contributed by atoms with Crippen LogP contribution < -0.4 is 5.32 Å². The fourth-order valence-electron chi connectivity index (χ4n) is 2.50. The Labute approximate surface area is 100 Å². The summed E-state index contributed by atoms with van der Waals surface area (Å²) in [5.74, 6) is 0.975. The van der Waals surface area contributed by atoms with Crippen LogP contribution in [0.25, 0.3) is 5.65 Å². The number of piperidine rings is 1. The van der Waals surface area contributed by atoms with Crippen molar-refractivity contribution in [3.8, 4) is 0 Å². The molecule has 90 valence electrons. The molecular weight excluding hydrogens is 214 g/mol. The van der Waals surface area contributed by atoms with E-state index in [0.29, 0.717) is 0 Å². The van der Waals surface area contributed by atoms with E-state index in [2.05, 4.69) is 27.5 Å². The van der Waals surface area contributed by atoms with Crippen LogP contribution in [0.4, 0.5) is 0 Å². The van der Waals surface area contributed by atoms with Crippen LogP contribution in [0.5, 0.6) is 0 Å². The van der Waals surface area contributed by atoms with Crippen molar-refractivity contribution in [1.29, 1.82) is 0 Å². The maximum atomic E-state index is 4.52. The van der Waals surface area contributed by atoms with Crippen LogP contribution in [0, 0.1) is 6.92 Å². The van der Waals surface area contributed by atoms with E-state index < -0.39 is 0 Å². The Morgan fingerprint density at radius 2 is 2.24 bits per heavy atom. The normalized spacial score (nSPS) is 25.3. The number of hydrogen-bond acceptors (Lipinski definition) is 4. The lowest BCUT2D eigenvalue weighted by Crippen LogP contribution is -2.42. The van der Waals surface area contributed by atoms with Crippen molar-refractivity contribution in [2.75, 3.05) is 13.1 Å². The Morgan fingerprint density at radius 3 is 3.00 bits per heavy atom. The maximum Gasteiger partial charge on any atom is 0.177 e. The number of fused-ring (bicyclic) bond motifs is 1. The Hall–Kier alpha value is -1.49. The first-order valence-electron chi connectivity index (χ1n) is 6.09. The SMILES string of the molecule is Cc1ccc2nnc(C3(C)CCCNC3)n2n1. The van der Waals surface area contributed by atoms with Gasteiger partial charge in [0.2, 0.25) is 0 Å². The standard InChI is InChI=1S/C12H17N5/c1-9-4-5-10-14-15-11(17(10)16-9)12(2)6-3-7-13-8-12/h4-5,13H,3,6-8H2,1-2H3. The summed E-state index contributed by atoms with van der Waals surface area (Å²) in [4.78, 5) is 0. The van der Waals surface area contributed by atoms with Crippen LogP contribution in [0.2, 0.25) is 0 Å². The molecule has 0 spiro atoms. The molecule has 1 saturated heterocycles. The van der Waals surface area contributed by atoms with Crippen molar-refractivity contribution in [2.45, 2.75) is 32.1 Å². The molecule has 3 rings (SSSR count). The Balaban J connectivity index is 2.13. The minimum absolute atomic E-state index is 0.0401. The van der Waals surface area contributed by atoms with E-state index in [1.807, 2.05) is 23.6 Å². The van der Waals surface area contributed by atoms with Crippen LogP contribution in [-0.2, 0) is 5.41 Å². The molecule has 1 aliphatic heterocycles. The maximum absolute atomic E-state index is 4.52. The van der Waals surface area contributed by atoms with E-state index in [9.17, 15) is 0 Å². The van der Waals surface area contributed by atoms with Gasteiger partial charge in [-0.2, -0.15) is 9.61 Å². The summed E-state index contributed by atoms with van der Waals surface area (Å²) in [7, 11) is 0. The predicted molar refractivity (Wildman–Crippen MR) is 65.0 cm³/mol. The van der Waals surface area contributed by atoms with Crippen LogP contribution in [0.1, 0.15) is 31.3 Å². The number of rotatable bonds is 1. The summed E-state index contributed by atoms with van der Waals surface area (Å²) < 4.78 is 1.89. The van der Waals surface area contributed by atoms with Gasteiger partial charge in [0.1, 0.15) is 0 Å². The molecule has 1 atom stereocenters. The van der Waals surface area contributed by atoms with E-state index in [0.717, 1.165) is 36.7 Å². The van der Waals surface area contributed by atoms with Crippen molar-refractivity contribution < 1.29 is 0 Å². The molecule has 0 radical (unpaired) electrons. The zero-order valence-corrected chi connectivity index (χ0v) is 10.3. The first-order valence-corrected chi connectivity index (χ1v) is 6.09. The second-order valence-electron chi connectivity index (χ2n) is 5.11. The fraction of sp³-hybridized carbons (Fsp3) is 0.583. The van der Waals surface area contributed by atoms with Gasteiger partial charge in [0.15, 0.2) is 11.5 Å². The molecule has 1 aliphatic rings. The van der Waals surface area contributed by atoms with Gasteiger partial charge < -0.3 is 5.32 Å². The van der Waals surface area contributed by atoms with E-state index >= 15 is 0 Å². The highest BCUT2D eigenvalue weighted by Gasteiger charge is 2.33. The van der Waals surface area contributed by atoms with Gasteiger partial charge in [0, 0.05) is 12.0 Å². The van der Waals surface area contributed by atoms with Crippen molar-refractivity contribution >= 4 is 5.65 Å². The molecule has 0 aliphatic carbocycles. The molecule has 1 fully saturated rings. The summed E-state index contributed by atoms with van der Waals surface area (Å²) in [6.45, 7) is 6.27. The number of nitrogens with zero attached hydrogens (tertiary/aromatic N) is 4. The Kier molecular flexibility index (Phi) is 2.36. The van der Waals surface area contributed by atoms with Crippen LogP contribution in [0.15, 0.2) is 12.1 Å². The predicted octanol–water partition coefficient (Wildman–Crippen LogP) is 1.07. The van der Waals surface area contributed by atoms with Gasteiger partial charge in [-0.05, 0) is 38.4 Å². The molecule has 2 aromatic heterocycles. The average Bonchev–Trinajstić information content (AvgIpc) is 2.73. The highest BCUT2D eigenvalue weighted by Crippen LogP contribution is 2.29. The molecule has 1 N–H and O–H groups in total. The van der Waals surface area contributed by atoms with Gasteiger partial charge in [0.25, 0.3) is 0 Å². The summed E-state index contributed by atoms with van der Waals surface area (Å²) in [6, 6.07) is 3.94. The molecule has 2 aromatic rings. The lowest BCUT2D eigenvalue weighted by atomic mass is 9.82.